The highest BCUT2D eigenvalue weighted by Crippen LogP contribution is 2.39. The number of methoxy groups -OCH3 is 1. The van der Waals surface area contributed by atoms with Gasteiger partial charge in [-0.05, 0) is 31.7 Å². The number of fused-ring (bicyclic) bond motifs is 1. The zero-order valence-electron chi connectivity index (χ0n) is 20.3. The topological polar surface area (TPSA) is 130 Å². The molecule has 1 aliphatic carbocycles. The summed E-state index contributed by atoms with van der Waals surface area (Å²) in [4.78, 5) is 38.3. The van der Waals surface area contributed by atoms with Crippen molar-refractivity contribution in [1.29, 1.82) is 0 Å². The van der Waals surface area contributed by atoms with E-state index >= 15 is 0 Å². The SMILES string of the molecule is COc1cc(OCC2CC2)c(-c2ncnc3c(C(=O)NC4CN(C(C)=O)CC4O)c(C)[nH]c23)cc1F. The minimum atomic E-state index is -0.873. The van der Waals surface area contributed by atoms with Crippen molar-refractivity contribution in [1.82, 2.24) is 25.2 Å². The Morgan fingerprint density at radius 2 is 2.03 bits per heavy atom. The normalized spacial score (nSPS) is 19.5. The van der Waals surface area contributed by atoms with Crippen molar-refractivity contribution in [3.63, 3.8) is 0 Å². The lowest BCUT2D eigenvalue weighted by atomic mass is 10.1. The first-order valence-corrected chi connectivity index (χ1v) is 11.8. The lowest BCUT2D eigenvalue weighted by Gasteiger charge is -2.16. The number of carbonyl (C=O) groups excluding carboxylic acids is 2. The van der Waals surface area contributed by atoms with Gasteiger partial charge in [0.05, 0.1) is 36.9 Å². The second-order valence-electron chi connectivity index (χ2n) is 9.38. The van der Waals surface area contributed by atoms with Crippen LogP contribution in [-0.4, -0.2) is 75.7 Å². The van der Waals surface area contributed by atoms with Gasteiger partial charge in [0.15, 0.2) is 11.6 Å². The van der Waals surface area contributed by atoms with Gasteiger partial charge in [-0.2, -0.15) is 0 Å². The van der Waals surface area contributed by atoms with Gasteiger partial charge in [0.2, 0.25) is 5.91 Å². The Labute approximate surface area is 206 Å². The van der Waals surface area contributed by atoms with Crippen LogP contribution in [0.2, 0.25) is 0 Å². The number of aromatic nitrogens is 3. The summed E-state index contributed by atoms with van der Waals surface area (Å²) in [5, 5.41) is 13.1. The summed E-state index contributed by atoms with van der Waals surface area (Å²) >= 11 is 0. The Hall–Kier alpha value is -3.73. The molecule has 2 unspecified atom stereocenters. The van der Waals surface area contributed by atoms with E-state index in [4.69, 9.17) is 9.47 Å². The first kappa shape index (κ1) is 24.0. The van der Waals surface area contributed by atoms with E-state index < -0.39 is 23.9 Å². The third kappa shape index (κ3) is 4.46. The quantitative estimate of drug-likeness (QED) is 0.456. The van der Waals surface area contributed by atoms with E-state index in [0.717, 1.165) is 12.8 Å². The highest BCUT2D eigenvalue weighted by molar-refractivity contribution is 6.09. The lowest BCUT2D eigenvalue weighted by molar-refractivity contribution is -0.128. The summed E-state index contributed by atoms with van der Waals surface area (Å²) in [6.45, 7) is 4.04. The molecule has 10 nitrogen and oxygen atoms in total. The number of hydrogen-bond donors (Lipinski definition) is 3. The summed E-state index contributed by atoms with van der Waals surface area (Å²) in [5.74, 6) is -0.206. The molecular formula is C25H28FN5O5. The molecule has 0 radical (unpaired) electrons. The van der Waals surface area contributed by atoms with Crippen molar-refractivity contribution in [3.05, 3.63) is 35.5 Å². The Kier molecular flexibility index (Phi) is 6.25. The van der Waals surface area contributed by atoms with Gasteiger partial charge in [-0.25, -0.2) is 14.4 Å². The fourth-order valence-corrected chi connectivity index (χ4v) is 4.52. The molecule has 1 saturated heterocycles. The molecule has 3 N–H and O–H groups in total. The van der Waals surface area contributed by atoms with Crippen LogP contribution in [0.4, 0.5) is 4.39 Å². The average molecular weight is 498 g/mol. The van der Waals surface area contributed by atoms with Crippen molar-refractivity contribution >= 4 is 22.8 Å². The average Bonchev–Trinajstić information content (AvgIpc) is 3.51. The molecule has 1 aromatic carbocycles. The van der Waals surface area contributed by atoms with Crippen LogP contribution in [0.3, 0.4) is 0 Å². The summed E-state index contributed by atoms with van der Waals surface area (Å²) < 4.78 is 25.9. The second-order valence-corrected chi connectivity index (χ2v) is 9.38. The smallest absolute Gasteiger partial charge is 0.255 e. The number of ether oxygens (including phenoxy) is 2. The van der Waals surface area contributed by atoms with Gasteiger partial charge in [0, 0.05) is 37.3 Å². The summed E-state index contributed by atoms with van der Waals surface area (Å²) in [6, 6.07) is 2.21. The fourth-order valence-electron chi connectivity index (χ4n) is 4.52. The van der Waals surface area contributed by atoms with Gasteiger partial charge in [0.25, 0.3) is 5.91 Å². The number of aromatic amines is 1. The zero-order chi connectivity index (χ0) is 25.6. The van der Waals surface area contributed by atoms with Crippen LogP contribution < -0.4 is 14.8 Å². The van der Waals surface area contributed by atoms with E-state index in [-0.39, 0.29) is 30.3 Å². The standard InChI is InChI=1S/C25H28FN5O5/c1-12-21(25(34)30-17-8-31(13(2)32)9-18(17)33)23-24(29-12)22(27-11-28-23)15-6-16(26)20(35-3)7-19(15)36-10-14-4-5-14/h6-7,11,14,17-18,29,33H,4-5,8-10H2,1-3H3,(H,30,34). The lowest BCUT2D eigenvalue weighted by Crippen LogP contribution is -2.43. The number of rotatable bonds is 7. The molecule has 2 atom stereocenters. The Balaban J connectivity index is 1.51. The minimum absolute atomic E-state index is 0.0623. The van der Waals surface area contributed by atoms with E-state index in [0.29, 0.717) is 46.3 Å². The van der Waals surface area contributed by atoms with E-state index in [1.807, 2.05) is 0 Å². The van der Waals surface area contributed by atoms with Gasteiger partial charge >= 0.3 is 0 Å². The first-order valence-electron chi connectivity index (χ1n) is 11.8. The third-order valence-electron chi connectivity index (χ3n) is 6.73. The molecule has 2 amide bonds. The number of likely N-dealkylation sites (tertiary alicyclic amines) is 1. The highest BCUT2D eigenvalue weighted by Gasteiger charge is 2.35. The number of aliphatic hydroxyl groups excluding tert-OH is 1. The van der Waals surface area contributed by atoms with E-state index in [1.54, 1.807) is 6.92 Å². The van der Waals surface area contributed by atoms with Gasteiger partial charge in [-0.15, -0.1) is 0 Å². The van der Waals surface area contributed by atoms with Crippen molar-refractivity contribution in [2.45, 2.75) is 38.8 Å². The molecule has 36 heavy (non-hydrogen) atoms. The van der Waals surface area contributed by atoms with E-state index in [2.05, 4.69) is 20.3 Å². The molecule has 5 rings (SSSR count). The number of amides is 2. The molecule has 0 spiro atoms. The first-order chi connectivity index (χ1) is 17.3. The molecular weight excluding hydrogens is 469 g/mol. The number of benzene rings is 1. The molecule has 1 aliphatic heterocycles. The number of aliphatic hydroxyl groups is 1. The maximum Gasteiger partial charge on any atom is 0.255 e. The van der Waals surface area contributed by atoms with Gasteiger partial charge < -0.3 is 29.8 Å². The van der Waals surface area contributed by atoms with Crippen LogP contribution in [0.15, 0.2) is 18.5 Å². The van der Waals surface area contributed by atoms with Gasteiger partial charge in [0.1, 0.15) is 23.3 Å². The zero-order valence-corrected chi connectivity index (χ0v) is 20.3. The Morgan fingerprint density at radius 1 is 1.25 bits per heavy atom. The van der Waals surface area contributed by atoms with Crippen molar-refractivity contribution in [2.24, 2.45) is 5.92 Å². The molecule has 0 bridgehead atoms. The minimum Gasteiger partial charge on any atom is -0.494 e. The van der Waals surface area contributed by atoms with Crippen molar-refractivity contribution < 1.29 is 28.6 Å². The number of β-amino-alcohol motifs (C(OH)–C–C–N with tert-alkyl or cyclic N) is 1. The second kappa shape index (κ2) is 9.38. The molecule has 190 valence electrons. The van der Waals surface area contributed by atoms with E-state index in [9.17, 15) is 19.1 Å². The van der Waals surface area contributed by atoms with Crippen LogP contribution in [0.25, 0.3) is 22.3 Å². The van der Waals surface area contributed by atoms with Crippen LogP contribution >= 0.6 is 0 Å². The number of aryl methyl sites for hydroxylation is 1. The summed E-state index contributed by atoms with van der Waals surface area (Å²) in [6.07, 6.45) is 2.64. The van der Waals surface area contributed by atoms with Gasteiger partial charge in [-0.3, -0.25) is 9.59 Å². The summed E-state index contributed by atoms with van der Waals surface area (Å²) in [5.41, 5.74) is 2.44. The van der Waals surface area contributed by atoms with Crippen molar-refractivity contribution in [3.8, 4) is 22.8 Å². The van der Waals surface area contributed by atoms with Crippen LogP contribution in [0, 0.1) is 18.7 Å². The van der Waals surface area contributed by atoms with Crippen LogP contribution in [0.1, 0.15) is 35.8 Å². The van der Waals surface area contributed by atoms with Gasteiger partial charge in [-0.1, -0.05) is 0 Å². The highest BCUT2D eigenvalue weighted by atomic mass is 19.1. The summed E-state index contributed by atoms with van der Waals surface area (Å²) in [7, 11) is 1.39. The number of nitrogens with one attached hydrogen (secondary N) is 2. The van der Waals surface area contributed by atoms with Crippen LogP contribution in [-0.2, 0) is 4.79 Å². The maximum absolute atomic E-state index is 14.7. The number of halogens is 1. The molecule has 1 saturated carbocycles. The largest absolute Gasteiger partial charge is 0.494 e. The van der Waals surface area contributed by atoms with Crippen LogP contribution in [0.5, 0.6) is 11.5 Å². The maximum atomic E-state index is 14.7. The number of carbonyl (C=O) groups is 2. The Bertz CT molecular complexity index is 1340. The molecule has 11 heteroatoms. The predicted molar refractivity (Wildman–Crippen MR) is 128 cm³/mol. The number of hydrogen-bond acceptors (Lipinski definition) is 7. The van der Waals surface area contributed by atoms with E-state index in [1.165, 1.54) is 37.4 Å². The molecule has 2 aliphatic rings. The fraction of sp³-hybridized carbons (Fsp3) is 0.440. The monoisotopic (exact) mass is 497 g/mol. The Morgan fingerprint density at radius 3 is 2.69 bits per heavy atom. The predicted octanol–water partition coefficient (Wildman–Crippen LogP) is 2.19. The molecule has 3 heterocycles. The molecule has 2 fully saturated rings. The third-order valence-corrected chi connectivity index (χ3v) is 6.73. The number of nitrogens with zero attached hydrogens (tertiary/aromatic N) is 3. The van der Waals surface area contributed by atoms with Crippen molar-refractivity contribution in [2.75, 3.05) is 26.8 Å². The number of H-pyrrole nitrogens is 1. The molecule has 3 aromatic rings. The molecule has 2 aromatic heterocycles.